The molecule has 0 amide bonds. The van der Waals surface area contributed by atoms with Crippen LogP contribution < -0.4 is 0 Å². The van der Waals surface area contributed by atoms with Crippen LogP contribution in [0.5, 0.6) is 0 Å². The fourth-order valence-electron chi connectivity index (χ4n) is 1.21. The van der Waals surface area contributed by atoms with E-state index < -0.39 is 0 Å². The molecule has 0 saturated carbocycles. The minimum Gasteiger partial charge on any atom is -0.391 e. The van der Waals surface area contributed by atoms with Gasteiger partial charge in [0.25, 0.3) is 0 Å². The highest BCUT2D eigenvalue weighted by Gasteiger charge is 2.03. The maximum absolute atomic E-state index is 5.14. The Morgan fingerprint density at radius 2 is 2.12 bits per heavy atom. The summed E-state index contributed by atoms with van der Waals surface area (Å²) in [5.41, 5.74) is 3.33. The fraction of sp³-hybridized carbons (Fsp3) is 0.308. The summed E-state index contributed by atoms with van der Waals surface area (Å²) < 4.78 is 0. The van der Waals surface area contributed by atoms with E-state index in [0.717, 1.165) is 17.0 Å². The van der Waals surface area contributed by atoms with Crippen molar-refractivity contribution in [2.75, 3.05) is 18.6 Å². The molecule has 3 heteroatoms. The van der Waals surface area contributed by atoms with Gasteiger partial charge in [0.05, 0.1) is 5.71 Å². The monoisotopic (exact) mass is 235 g/mol. The largest absolute Gasteiger partial charge is 0.391 e. The summed E-state index contributed by atoms with van der Waals surface area (Å²) in [6.07, 6.45) is 3.74. The van der Waals surface area contributed by atoms with Gasteiger partial charge in [0.1, 0.15) is 6.61 Å². The van der Waals surface area contributed by atoms with Crippen LogP contribution in [0.15, 0.2) is 42.1 Å². The van der Waals surface area contributed by atoms with Crippen LogP contribution in [0.1, 0.15) is 11.1 Å². The Kier molecular flexibility index (Phi) is 5.72. The van der Waals surface area contributed by atoms with E-state index in [1.165, 1.54) is 5.56 Å². The highest BCUT2D eigenvalue weighted by molar-refractivity contribution is 7.99. The highest BCUT2D eigenvalue weighted by atomic mass is 32.2. The summed E-state index contributed by atoms with van der Waals surface area (Å²) in [5.74, 6) is 0.847. The maximum Gasteiger partial charge on any atom is 0.135 e. The minimum absolute atomic E-state index is 0.448. The molecule has 0 spiro atoms. The molecule has 0 aliphatic carbocycles. The maximum atomic E-state index is 5.14. The third-order valence-electron chi connectivity index (χ3n) is 2.03. The third kappa shape index (κ3) is 4.11. The topological polar surface area (TPSA) is 21.6 Å². The van der Waals surface area contributed by atoms with E-state index in [1.807, 2.05) is 0 Å². The van der Waals surface area contributed by atoms with Crippen molar-refractivity contribution in [1.29, 1.82) is 0 Å². The van der Waals surface area contributed by atoms with E-state index in [9.17, 15) is 0 Å². The normalized spacial score (nSPS) is 11.2. The first-order chi connectivity index (χ1) is 7.77. The van der Waals surface area contributed by atoms with E-state index in [2.05, 4.69) is 49.2 Å². The number of oxime groups is 1. The SMILES string of the molecule is C=CCO/N=C(\CSC)c1ccc(C)cc1. The van der Waals surface area contributed by atoms with E-state index in [1.54, 1.807) is 17.8 Å². The number of aryl methyl sites for hydroxylation is 1. The molecule has 0 fully saturated rings. The summed E-state index contributed by atoms with van der Waals surface area (Å²) >= 11 is 1.73. The second kappa shape index (κ2) is 7.12. The highest BCUT2D eigenvalue weighted by Crippen LogP contribution is 2.08. The van der Waals surface area contributed by atoms with Gasteiger partial charge in [0.15, 0.2) is 0 Å². The molecule has 1 aromatic rings. The summed E-state index contributed by atoms with van der Waals surface area (Å²) in [5, 5.41) is 4.13. The van der Waals surface area contributed by atoms with Crippen molar-refractivity contribution >= 4 is 17.5 Å². The second-order valence-electron chi connectivity index (χ2n) is 3.42. The smallest absolute Gasteiger partial charge is 0.135 e. The van der Waals surface area contributed by atoms with E-state index >= 15 is 0 Å². The van der Waals surface area contributed by atoms with Gasteiger partial charge in [-0.2, -0.15) is 11.8 Å². The predicted octanol–water partition coefficient (Wildman–Crippen LogP) is 3.26. The standard InChI is InChI=1S/C13H17NOS/c1-4-9-15-14-13(10-16-3)12-7-5-11(2)6-8-12/h4-8H,1,9-10H2,2-3H3/b14-13+. The van der Waals surface area contributed by atoms with Gasteiger partial charge >= 0.3 is 0 Å². The number of nitrogens with zero attached hydrogens (tertiary/aromatic N) is 1. The molecule has 0 aliphatic rings. The second-order valence-corrected chi connectivity index (χ2v) is 4.29. The molecule has 0 saturated heterocycles. The Balaban J connectivity index is 2.79. The average Bonchev–Trinajstić information content (AvgIpc) is 2.29. The van der Waals surface area contributed by atoms with Gasteiger partial charge in [-0.15, -0.1) is 0 Å². The zero-order chi connectivity index (χ0) is 11.8. The molecule has 1 aromatic carbocycles. The quantitative estimate of drug-likeness (QED) is 0.327. The summed E-state index contributed by atoms with van der Waals surface area (Å²) in [6, 6.07) is 8.31. The average molecular weight is 235 g/mol. The third-order valence-corrected chi connectivity index (χ3v) is 2.60. The van der Waals surface area contributed by atoms with Crippen molar-refractivity contribution in [3.8, 4) is 0 Å². The fourth-order valence-corrected chi connectivity index (χ4v) is 1.71. The number of hydrogen-bond donors (Lipinski definition) is 0. The predicted molar refractivity (Wildman–Crippen MR) is 72.2 cm³/mol. The van der Waals surface area contributed by atoms with Crippen LogP contribution in [0.2, 0.25) is 0 Å². The van der Waals surface area contributed by atoms with Crippen molar-refractivity contribution in [3.63, 3.8) is 0 Å². The molecular weight excluding hydrogens is 218 g/mol. The first-order valence-electron chi connectivity index (χ1n) is 5.13. The van der Waals surface area contributed by atoms with Crippen molar-refractivity contribution in [3.05, 3.63) is 48.0 Å². The van der Waals surface area contributed by atoms with Crippen molar-refractivity contribution in [2.45, 2.75) is 6.92 Å². The molecule has 0 bridgehead atoms. The zero-order valence-electron chi connectivity index (χ0n) is 9.77. The van der Waals surface area contributed by atoms with Gasteiger partial charge in [0.2, 0.25) is 0 Å². The summed E-state index contributed by atoms with van der Waals surface area (Å²) in [7, 11) is 0. The molecule has 0 aliphatic heterocycles. The lowest BCUT2D eigenvalue weighted by atomic mass is 10.1. The van der Waals surface area contributed by atoms with Gasteiger partial charge in [-0.1, -0.05) is 47.6 Å². The lowest BCUT2D eigenvalue weighted by molar-refractivity contribution is 0.175. The minimum atomic E-state index is 0.448. The number of hydrogen-bond acceptors (Lipinski definition) is 3. The first-order valence-corrected chi connectivity index (χ1v) is 6.53. The molecule has 0 unspecified atom stereocenters. The van der Waals surface area contributed by atoms with Crippen molar-refractivity contribution < 1.29 is 4.84 Å². The number of rotatable bonds is 6. The summed E-state index contributed by atoms with van der Waals surface area (Å²) in [6.45, 7) is 6.11. The van der Waals surface area contributed by atoms with Gasteiger partial charge in [-0.05, 0) is 13.2 Å². The van der Waals surface area contributed by atoms with Crippen molar-refractivity contribution in [1.82, 2.24) is 0 Å². The lowest BCUT2D eigenvalue weighted by Crippen LogP contribution is -2.05. The van der Waals surface area contributed by atoms with Crippen molar-refractivity contribution in [2.24, 2.45) is 5.16 Å². The Hall–Kier alpha value is -1.22. The van der Waals surface area contributed by atoms with Crippen LogP contribution in [0.25, 0.3) is 0 Å². The van der Waals surface area contributed by atoms with Gasteiger partial charge in [-0.3, -0.25) is 0 Å². The molecule has 1 rings (SSSR count). The zero-order valence-corrected chi connectivity index (χ0v) is 10.6. The molecule has 86 valence electrons. The van der Waals surface area contributed by atoms with Gasteiger partial charge in [-0.25, -0.2) is 0 Å². The van der Waals surface area contributed by atoms with Gasteiger partial charge < -0.3 is 4.84 Å². The molecule has 2 nitrogen and oxygen atoms in total. The van der Waals surface area contributed by atoms with Crippen LogP contribution in [0.4, 0.5) is 0 Å². The molecule has 0 N–H and O–H groups in total. The van der Waals surface area contributed by atoms with Crippen LogP contribution >= 0.6 is 11.8 Å². The van der Waals surface area contributed by atoms with Gasteiger partial charge in [0, 0.05) is 11.3 Å². The molecule has 0 atom stereocenters. The van der Waals surface area contributed by atoms with Crippen LogP contribution in [-0.4, -0.2) is 24.3 Å². The number of benzene rings is 1. The molecule has 0 heterocycles. The Morgan fingerprint density at radius 1 is 1.44 bits per heavy atom. The van der Waals surface area contributed by atoms with Crippen LogP contribution in [-0.2, 0) is 4.84 Å². The van der Waals surface area contributed by atoms with E-state index in [4.69, 9.17) is 4.84 Å². The van der Waals surface area contributed by atoms with Crippen LogP contribution in [0.3, 0.4) is 0 Å². The Labute approximate surface area is 101 Å². The lowest BCUT2D eigenvalue weighted by Gasteiger charge is -2.05. The Morgan fingerprint density at radius 3 is 2.69 bits per heavy atom. The molecule has 0 aromatic heterocycles. The van der Waals surface area contributed by atoms with E-state index in [-0.39, 0.29) is 0 Å². The number of thioether (sulfide) groups is 1. The molecular formula is C13H17NOS. The van der Waals surface area contributed by atoms with E-state index in [0.29, 0.717) is 6.61 Å². The van der Waals surface area contributed by atoms with Crippen LogP contribution in [0, 0.1) is 6.92 Å². The molecule has 0 radical (unpaired) electrons. The summed E-state index contributed by atoms with van der Waals surface area (Å²) in [4.78, 5) is 5.14. The Bertz CT molecular complexity index is 357. The molecule has 16 heavy (non-hydrogen) atoms. The first kappa shape index (κ1) is 12.8.